The third kappa shape index (κ3) is 33.2. The zero-order chi connectivity index (χ0) is 49.5. The third-order valence-corrected chi connectivity index (χ3v) is 15.2. The standard InChI is InChI=1S/C40H74O4.C19H33NO4/c1-3-5-7-9-13-19-25-35-33-37(35)27-21-15-11-17-23-29-39(41)43-31-32-44-40(42)30-24-18-12-16-22-28-38-34-36(38)26-20-14-10-8-6-4-2;1-5-6-7-9-16-15(14-19(22)23-4)11-12-17(16)24-18(21)10-8-13-20(2)3/h35-38H,3-34H2,1-2H3;6-7,15-17H,5,8-14H2,1-4H3/b;7-6-. The van der Waals surface area contributed by atoms with Gasteiger partial charge in [0.1, 0.15) is 19.3 Å². The molecule has 9 heteroatoms. The largest absolute Gasteiger partial charge is 0.469 e. The number of hydrogen-bond donors (Lipinski definition) is 0. The lowest BCUT2D eigenvalue weighted by Crippen LogP contribution is -2.26. The zero-order valence-electron chi connectivity index (χ0n) is 45.2. The molecule has 0 aliphatic heterocycles. The van der Waals surface area contributed by atoms with Crippen molar-refractivity contribution in [2.75, 3.05) is 41.0 Å². The maximum Gasteiger partial charge on any atom is 0.306 e. The number of ether oxygens (including phenoxy) is 4. The van der Waals surface area contributed by atoms with Gasteiger partial charge < -0.3 is 23.8 Å². The predicted octanol–water partition coefficient (Wildman–Crippen LogP) is 15.5. The maximum atomic E-state index is 12.1. The van der Waals surface area contributed by atoms with Crippen LogP contribution >= 0.6 is 0 Å². The van der Waals surface area contributed by atoms with Crippen LogP contribution in [0.4, 0.5) is 0 Å². The first kappa shape index (κ1) is 61.7. The highest BCUT2D eigenvalue weighted by molar-refractivity contribution is 5.71. The van der Waals surface area contributed by atoms with Gasteiger partial charge >= 0.3 is 23.9 Å². The zero-order valence-corrected chi connectivity index (χ0v) is 45.2. The summed E-state index contributed by atoms with van der Waals surface area (Å²) in [7, 11) is 5.41. The van der Waals surface area contributed by atoms with Gasteiger partial charge in [0.05, 0.1) is 7.11 Å². The van der Waals surface area contributed by atoms with Crippen molar-refractivity contribution >= 4 is 23.9 Å². The number of carbonyl (C=O) groups excluding carboxylic acids is 4. The van der Waals surface area contributed by atoms with E-state index >= 15 is 0 Å². The van der Waals surface area contributed by atoms with Gasteiger partial charge in [0, 0.05) is 31.6 Å². The molecule has 3 saturated carbocycles. The Hall–Kier alpha value is -2.42. The number of hydrogen-bond acceptors (Lipinski definition) is 9. The number of allylic oxidation sites excluding steroid dienone is 2. The molecule has 7 atom stereocenters. The normalized spacial score (nSPS) is 21.7. The first-order chi connectivity index (χ1) is 33.1. The first-order valence-corrected chi connectivity index (χ1v) is 29.0. The van der Waals surface area contributed by atoms with Crippen molar-refractivity contribution in [1.29, 1.82) is 0 Å². The van der Waals surface area contributed by atoms with Crippen LogP contribution in [0.3, 0.4) is 0 Å². The van der Waals surface area contributed by atoms with E-state index in [1.54, 1.807) is 0 Å². The average Bonchev–Trinajstić information content (AvgIpc) is 4.23. The second kappa shape index (κ2) is 41.2. The van der Waals surface area contributed by atoms with Crippen LogP contribution in [0.15, 0.2) is 12.2 Å². The van der Waals surface area contributed by atoms with E-state index in [0.717, 1.165) is 88.0 Å². The summed E-state index contributed by atoms with van der Waals surface area (Å²) in [6, 6.07) is 0. The van der Waals surface area contributed by atoms with Gasteiger partial charge in [0.2, 0.25) is 0 Å². The highest BCUT2D eigenvalue weighted by Gasteiger charge is 2.39. The van der Waals surface area contributed by atoms with Gasteiger partial charge in [0.25, 0.3) is 0 Å². The molecule has 3 rings (SSSR count). The Morgan fingerprint density at radius 3 is 1.34 bits per heavy atom. The molecule has 396 valence electrons. The lowest BCUT2D eigenvalue weighted by Gasteiger charge is -2.23. The van der Waals surface area contributed by atoms with E-state index in [4.69, 9.17) is 18.9 Å². The molecular formula is C59H107NO8. The molecule has 0 saturated heterocycles. The molecule has 3 aliphatic rings. The monoisotopic (exact) mass is 958 g/mol. The average molecular weight is 959 g/mol. The topological polar surface area (TPSA) is 108 Å². The van der Waals surface area contributed by atoms with Crippen molar-refractivity contribution in [3.8, 4) is 0 Å². The Bertz CT molecular complexity index is 1240. The van der Waals surface area contributed by atoms with E-state index in [9.17, 15) is 19.2 Å². The Morgan fingerprint density at radius 2 is 0.912 bits per heavy atom. The molecule has 0 spiro atoms. The number of nitrogens with zero attached hydrogens (tertiary/aromatic N) is 1. The van der Waals surface area contributed by atoms with Crippen molar-refractivity contribution in [2.24, 2.45) is 35.5 Å². The lowest BCUT2D eigenvalue weighted by atomic mass is 9.89. The molecule has 0 N–H and O–H groups in total. The minimum absolute atomic E-state index is 0.0759. The van der Waals surface area contributed by atoms with E-state index in [1.807, 2.05) is 14.1 Å². The Kier molecular flexibility index (Phi) is 37.4. The molecule has 0 aromatic carbocycles. The van der Waals surface area contributed by atoms with Crippen molar-refractivity contribution in [3.05, 3.63) is 12.2 Å². The summed E-state index contributed by atoms with van der Waals surface area (Å²) < 4.78 is 21.1. The summed E-state index contributed by atoms with van der Waals surface area (Å²) in [5.41, 5.74) is 0. The van der Waals surface area contributed by atoms with E-state index in [0.29, 0.717) is 25.7 Å². The molecule has 0 heterocycles. The smallest absolute Gasteiger partial charge is 0.306 e. The van der Waals surface area contributed by atoms with Gasteiger partial charge in [-0.2, -0.15) is 0 Å². The summed E-state index contributed by atoms with van der Waals surface area (Å²) in [4.78, 5) is 49.7. The number of methoxy groups -OCH3 is 1. The highest BCUT2D eigenvalue weighted by Crippen LogP contribution is 2.47. The minimum Gasteiger partial charge on any atom is -0.469 e. The molecule has 68 heavy (non-hydrogen) atoms. The van der Waals surface area contributed by atoms with Gasteiger partial charge in [-0.15, -0.1) is 0 Å². The van der Waals surface area contributed by atoms with Crippen LogP contribution in [0.25, 0.3) is 0 Å². The summed E-state index contributed by atoms with van der Waals surface area (Å²) in [6.45, 7) is 7.93. The SMILES string of the molecule is CC/C=C\CC1C(CC(=O)OC)CCC1OC(=O)CCCN(C)C.CCCCCCCCC1CC1CCCCCCCC(=O)OCCOC(=O)CCCCCCCC1CC1CCCCCCCC. The Labute approximate surface area is 418 Å². The highest BCUT2D eigenvalue weighted by atomic mass is 16.6. The van der Waals surface area contributed by atoms with E-state index in [2.05, 4.69) is 37.8 Å². The van der Waals surface area contributed by atoms with Crippen molar-refractivity contribution in [2.45, 2.75) is 264 Å². The summed E-state index contributed by atoms with van der Waals surface area (Å²) in [5, 5.41) is 0. The molecular weight excluding hydrogens is 851 g/mol. The molecule has 7 unspecified atom stereocenters. The number of carbonyl (C=O) groups is 4. The van der Waals surface area contributed by atoms with Crippen LogP contribution in [-0.2, 0) is 38.1 Å². The van der Waals surface area contributed by atoms with Gasteiger partial charge in [-0.05, 0) is 108 Å². The predicted molar refractivity (Wildman–Crippen MR) is 280 cm³/mol. The third-order valence-electron chi connectivity index (χ3n) is 15.2. The van der Waals surface area contributed by atoms with Gasteiger partial charge in [-0.3, -0.25) is 19.2 Å². The molecule has 9 nitrogen and oxygen atoms in total. The Morgan fingerprint density at radius 1 is 0.485 bits per heavy atom. The quantitative estimate of drug-likeness (QED) is 0.0255. The summed E-state index contributed by atoms with van der Waals surface area (Å²) in [6.07, 6.45) is 48.0. The number of unbranched alkanes of at least 4 members (excludes halogenated alkanes) is 18. The maximum absolute atomic E-state index is 12.1. The van der Waals surface area contributed by atoms with E-state index in [1.165, 1.54) is 161 Å². The van der Waals surface area contributed by atoms with Gasteiger partial charge in [-0.1, -0.05) is 187 Å². The Balaban J connectivity index is 0.000000557. The van der Waals surface area contributed by atoms with Crippen LogP contribution in [0, 0.1) is 35.5 Å². The second-order valence-electron chi connectivity index (χ2n) is 21.5. The van der Waals surface area contributed by atoms with Crippen LogP contribution < -0.4 is 0 Å². The van der Waals surface area contributed by atoms with Crippen LogP contribution in [-0.4, -0.2) is 75.8 Å². The first-order valence-electron chi connectivity index (χ1n) is 29.0. The van der Waals surface area contributed by atoms with E-state index < -0.39 is 0 Å². The second-order valence-corrected chi connectivity index (χ2v) is 21.5. The fourth-order valence-corrected chi connectivity index (χ4v) is 10.6. The van der Waals surface area contributed by atoms with Crippen LogP contribution in [0.2, 0.25) is 0 Å². The van der Waals surface area contributed by atoms with Crippen molar-refractivity contribution in [1.82, 2.24) is 4.90 Å². The molecule has 0 aromatic heterocycles. The molecule has 3 aliphatic carbocycles. The number of rotatable bonds is 43. The molecule has 0 amide bonds. The van der Waals surface area contributed by atoms with Gasteiger partial charge in [0.15, 0.2) is 0 Å². The summed E-state index contributed by atoms with van der Waals surface area (Å²) in [5.74, 6) is 3.95. The molecule has 0 aromatic rings. The fourth-order valence-electron chi connectivity index (χ4n) is 10.6. The van der Waals surface area contributed by atoms with Crippen molar-refractivity contribution < 1.29 is 38.1 Å². The van der Waals surface area contributed by atoms with Crippen molar-refractivity contribution in [3.63, 3.8) is 0 Å². The van der Waals surface area contributed by atoms with Gasteiger partial charge in [-0.25, -0.2) is 0 Å². The summed E-state index contributed by atoms with van der Waals surface area (Å²) >= 11 is 0. The number of esters is 4. The van der Waals surface area contributed by atoms with E-state index in [-0.39, 0.29) is 55.0 Å². The molecule has 0 bridgehead atoms. The van der Waals surface area contributed by atoms with Crippen LogP contribution in [0.5, 0.6) is 0 Å². The fraction of sp³-hybridized carbons (Fsp3) is 0.898. The molecule has 3 fully saturated rings. The lowest BCUT2D eigenvalue weighted by molar-refractivity contribution is -0.152. The van der Waals surface area contributed by atoms with Crippen LogP contribution in [0.1, 0.15) is 258 Å². The minimum atomic E-state index is -0.178. The molecule has 0 radical (unpaired) electrons.